The van der Waals surface area contributed by atoms with E-state index >= 15 is 0 Å². The molecule has 3 rings (SSSR count). The highest BCUT2D eigenvalue weighted by Gasteiger charge is 2.16. The van der Waals surface area contributed by atoms with Crippen molar-refractivity contribution in [2.24, 2.45) is 5.10 Å². The smallest absolute Gasteiger partial charge is 0.311 e. The van der Waals surface area contributed by atoms with Gasteiger partial charge in [0, 0.05) is 17.8 Å². The van der Waals surface area contributed by atoms with Crippen LogP contribution in [0.25, 0.3) is 5.65 Å². The summed E-state index contributed by atoms with van der Waals surface area (Å²) in [5.74, 6) is -0.280. The van der Waals surface area contributed by atoms with Crippen LogP contribution in [0.5, 0.6) is 5.75 Å². The summed E-state index contributed by atoms with van der Waals surface area (Å²) in [6, 6.07) is 9.80. The number of nitro benzene ring substituents is 1. The number of hydrazone groups is 1. The van der Waals surface area contributed by atoms with E-state index in [-0.39, 0.29) is 11.4 Å². The monoisotopic (exact) mass is 353 g/mol. The summed E-state index contributed by atoms with van der Waals surface area (Å²) in [5.41, 5.74) is 4.29. The van der Waals surface area contributed by atoms with Gasteiger partial charge in [0.05, 0.1) is 23.9 Å². The summed E-state index contributed by atoms with van der Waals surface area (Å²) in [6.45, 7) is 1.73. The minimum atomic E-state index is -0.545. The van der Waals surface area contributed by atoms with E-state index in [9.17, 15) is 14.9 Å². The Morgan fingerprint density at radius 1 is 1.38 bits per heavy atom. The molecule has 0 spiro atoms. The quantitative estimate of drug-likeness (QED) is 0.430. The van der Waals surface area contributed by atoms with Gasteiger partial charge in [0.2, 0.25) is 0 Å². The molecule has 1 amide bonds. The van der Waals surface area contributed by atoms with Crippen LogP contribution in [-0.2, 0) is 0 Å². The van der Waals surface area contributed by atoms with Gasteiger partial charge < -0.3 is 4.74 Å². The second-order valence-electron chi connectivity index (χ2n) is 5.36. The minimum Gasteiger partial charge on any atom is -0.490 e. The van der Waals surface area contributed by atoms with E-state index in [2.05, 4.69) is 15.5 Å². The zero-order valence-corrected chi connectivity index (χ0v) is 14.0. The summed E-state index contributed by atoms with van der Waals surface area (Å²) in [6.07, 6.45) is 3.06. The van der Waals surface area contributed by atoms with Gasteiger partial charge in [-0.25, -0.2) is 10.4 Å². The molecule has 0 aliphatic rings. The van der Waals surface area contributed by atoms with Gasteiger partial charge in [-0.05, 0) is 31.2 Å². The lowest BCUT2D eigenvalue weighted by Crippen LogP contribution is -2.20. The van der Waals surface area contributed by atoms with Crippen LogP contribution < -0.4 is 10.2 Å². The van der Waals surface area contributed by atoms with Crippen LogP contribution in [0.4, 0.5) is 5.69 Å². The number of amides is 1. The number of fused-ring (bicyclic) bond motifs is 1. The molecule has 0 saturated carbocycles. The summed E-state index contributed by atoms with van der Waals surface area (Å²) in [5, 5.41) is 14.9. The topological polar surface area (TPSA) is 111 Å². The Morgan fingerprint density at radius 3 is 2.92 bits per heavy atom. The molecule has 26 heavy (non-hydrogen) atoms. The highest BCUT2D eigenvalue weighted by molar-refractivity contribution is 5.95. The predicted octanol–water partition coefficient (Wildman–Crippen LogP) is 2.32. The number of imidazole rings is 1. The number of carbonyl (C=O) groups is 1. The first-order valence-electron chi connectivity index (χ1n) is 7.61. The number of hydrogen-bond donors (Lipinski definition) is 1. The molecule has 0 saturated heterocycles. The van der Waals surface area contributed by atoms with Gasteiger partial charge in [0.15, 0.2) is 5.75 Å². The lowest BCUT2D eigenvalue weighted by atomic mass is 10.2. The van der Waals surface area contributed by atoms with Gasteiger partial charge in [-0.3, -0.25) is 19.3 Å². The molecule has 2 aromatic heterocycles. The molecule has 0 atom stereocenters. The third kappa shape index (κ3) is 3.22. The largest absolute Gasteiger partial charge is 0.490 e. The number of hydrogen-bond acceptors (Lipinski definition) is 6. The molecule has 0 unspecified atom stereocenters. The van der Waals surface area contributed by atoms with Crippen molar-refractivity contribution < 1.29 is 14.5 Å². The number of rotatable bonds is 5. The second kappa shape index (κ2) is 7.01. The van der Waals surface area contributed by atoms with E-state index in [1.165, 1.54) is 25.5 Å². The Hall–Kier alpha value is -3.75. The van der Waals surface area contributed by atoms with Gasteiger partial charge in [-0.1, -0.05) is 6.07 Å². The van der Waals surface area contributed by atoms with Crippen LogP contribution in [0.1, 0.15) is 21.7 Å². The molecule has 9 nitrogen and oxygen atoms in total. The number of aryl methyl sites for hydroxylation is 1. The zero-order chi connectivity index (χ0) is 18.7. The molecule has 1 aromatic carbocycles. The maximum Gasteiger partial charge on any atom is 0.311 e. The number of aromatic nitrogens is 2. The third-order valence-electron chi connectivity index (χ3n) is 3.70. The lowest BCUT2D eigenvalue weighted by molar-refractivity contribution is -0.385. The van der Waals surface area contributed by atoms with Crippen molar-refractivity contribution in [2.45, 2.75) is 6.92 Å². The average Bonchev–Trinajstić information content (AvgIpc) is 2.97. The summed E-state index contributed by atoms with van der Waals surface area (Å²) in [4.78, 5) is 27.2. The fraction of sp³-hybridized carbons (Fsp3) is 0.118. The summed E-state index contributed by atoms with van der Waals surface area (Å²) < 4.78 is 6.61. The number of ether oxygens (including phenoxy) is 1. The molecule has 0 aliphatic carbocycles. The highest BCUT2D eigenvalue weighted by atomic mass is 16.6. The molecule has 9 heteroatoms. The van der Waals surface area contributed by atoms with Gasteiger partial charge in [0.1, 0.15) is 11.3 Å². The molecule has 132 valence electrons. The van der Waals surface area contributed by atoms with Crippen molar-refractivity contribution in [2.75, 3.05) is 7.11 Å². The Balaban J connectivity index is 1.80. The first-order valence-corrected chi connectivity index (χ1v) is 7.61. The van der Waals surface area contributed by atoms with E-state index in [1.807, 2.05) is 6.07 Å². The number of nitro groups is 1. The molecule has 3 aromatic rings. The fourth-order valence-electron chi connectivity index (χ4n) is 2.54. The third-order valence-corrected chi connectivity index (χ3v) is 3.70. The van der Waals surface area contributed by atoms with Crippen LogP contribution >= 0.6 is 0 Å². The zero-order valence-electron chi connectivity index (χ0n) is 14.0. The van der Waals surface area contributed by atoms with Crippen molar-refractivity contribution in [1.29, 1.82) is 0 Å². The number of benzene rings is 1. The minimum absolute atomic E-state index is 0.151. The molecular formula is C17H15N5O4. The van der Waals surface area contributed by atoms with Crippen molar-refractivity contribution in [3.63, 3.8) is 0 Å². The van der Waals surface area contributed by atoms with Crippen LogP contribution in [0.2, 0.25) is 0 Å². The first kappa shape index (κ1) is 17.1. The molecular weight excluding hydrogens is 338 g/mol. The Bertz CT molecular complexity index is 1030. The SMILES string of the molecule is COc1ccc(/C=N\NC(=O)c2c(C)nc3ccccn23)cc1[N+](=O)[O-]. The maximum atomic E-state index is 12.4. The number of methoxy groups -OCH3 is 1. The average molecular weight is 353 g/mol. The van der Waals surface area contributed by atoms with Crippen LogP contribution in [0.3, 0.4) is 0 Å². The van der Waals surface area contributed by atoms with Crippen molar-refractivity contribution in [1.82, 2.24) is 14.8 Å². The van der Waals surface area contributed by atoms with Crippen molar-refractivity contribution in [3.05, 3.63) is 69.7 Å². The normalized spacial score (nSPS) is 11.0. The highest BCUT2D eigenvalue weighted by Crippen LogP contribution is 2.26. The van der Waals surface area contributed by atoms with Crippen LogP contribution in [0, 0.1) is 17.0 Å². The Labute approximate surface area is 148 Å². The molecule has 0 aliphatic heterocycles. The van der Waals surface area contributed by atoms with E-state index < -0.39 is 10.8 Å². The molecule has 0 bridgehead atoms. The number of nitrogens with one attached hydrogen (secondary N) is 1. The molecule has 1 N–H and O–H groups in total. The van der Waals surface area contributed by atoms with Crippen LogP contribution in [0.15, 0.2) is 47.7 Å². The molecule has 0 radical (unpaired) electrons. The Morgan fingerprint density at radius 2 is 2.19 bits per heavy atom. The Kier molecular flexibility index (Phi) is 4.61. The van der Waals surface area contributed by atoms with E-state index in [4.69, 9.17) is 4.74 Å². The lowest BCUT2D eigenvalue weighted by Gasteiger charge is -2.03. The maximum absolute atomic E-state index is 12.4. The molecule has 2 heterocycles. The first-order chi connectivity index (χ1) is 12.5. The van der Waals surface area contributed by atoms with E-state index in [0.717, 1.165) is 0 Å². The van der Waals surface area contributed by atoms with Gasteiger partial charge in [-0.2, -0.15) is 5.10 Å². The van der Waals surface area contributed by atoms with Gasteiger partial charge >= 0.3 is 5.69 Å². The predicted molar refractivity (Wildman–Crippen MR) is 94.6 cm³/mol. The van der Waals surface area contributed by atoms with E-state index in [0.29, 0.717) is 22.6 Å². The second-order valence-corrected chi connectivity index (χ2v) is 5.36. The van der Waals surface area contributed by atoms with Crippen molar-refractivity contribution in [3.8, 4) is 5.75 Å². The van der Waals surface area contributed by atoms with Gasteiger partial charge in [0.25, 0.3) is 5.91 Å². The van der Waals surface area contributed by atoms with Crippen molar-refractivity contribution >= 4 is 23.5 Å². The summed E-state index contributed by atoms with van der Waals surface area (Å²) >= 11 is 0. The fourth-order valence-corrected chi connectivity index (χ4v) is 2.54. The standard InChI is InChI=1S/C17H15N5O4/c1-11-16(21-8-4-3-5-15(21)19-11)17(23)20-18-10-12-6-7-14(26-2)13(9-12)22(24)25/h3-10H,1-2H3,(H,20,23)/b18-10-. The summed E-state index contributed by atoms with van der Waals surface area (Å²) in [7, 11) is 1.36. The van der Waals surface area contributed by atoms with Gasteiger partial charge in [-0.15, -0.1) is 0 Å². The van der Waals surface area contributed by atoms with Crippen LogP contribution in [-0.4, -0.2) is 33.5 Å². The number of pyridine rings is 1. The number of carbonyl (C=O) groups excluding carboxylic acids is 1. The van der Waals surface area contributed by atoms with E-state index in [1.54, 1.807) is 35.7 Å². The number of nitrogens with zero attached hydrogens (tertiary/aromatic N) is 4. The molecule has 0 fully saturated rings.